The third-order valence-electron chi connectivity index (χ3n) is 12.4. The molecule has 0 spiro atoms. The van der Waals surface area contributed by atoms with Crippen LogP contribution in [0.5, 0.6) is 11.5 Å². The van der Waals surface area contributed by atoms with Crippen LogP contribution >= 0.6 is 0 Å². The fourth-order valence-electron chi connectivity index (χ4n) is 8.29. The molecular weight excluding hydrogens is 878 g/mol. The monoisotopic (exact) mass is 946 g/mol. The predicted molar refractivity (Wildman–Crippen MR) is 244 cm³/mol. The van der Waals surface area contributed by atoms with Gasteiger partial charge in [0, 0.05) is 57.3 Å². The molecule has 15 nitrogen and oxygen atoms in total. The molecule has 4 amide bonds. The van der Waals surface area contributed by atoms with Gasteiger partial charge in [0.1, 0.15) is 29.6 Å². The number of alkyl halides is 3. The lowest BCUT2D eigenvalue weighted by molar-refractivity contribution is -0.158. The van der Waals surface area contributed by atoms with Gasteiger partial charge in [-0.2, -0.15) is 13.2 Å². The van der Waals surface area contributed by atoms with Crippen molar-refractivity contribution in [3.05, 3.63) is 47.5 Å². The van der Waals surface area contributed by atoms with E-state index in [4.69, 9.17) is 0 Å². The third kappa shape index (κ3) is 17.9. The van der Waals surface area contributed by atoms with Crippen LogP contribution in [0.2, 0.25) is 0 Å². The van der Waals surface area contributed by atoms with Gasteiger partial charge in [-0.3, -0.25) is 28.8 Å². The zero-order valence-corrected chi connectivity index (χ0v) is 39.2. The first kappa shape index (κ1) is 55.8. The van der Waals surface area contributed by atoms with Crippen LogP contribution in [0, 0.1) is 5.92 Å². The number of carbonyl (C=O) groups is 7. The van der Waals surface area contributed by atoms with Crippen LogP contribution in [0.4, 0.5) is 13.2 Å². The zero-order valence-electron chi connectivity index (χ0n) is 39.2. The number of carboxylic acid groups (broad SMARTS) is 1. The van der Waals surface area contributed by atoms with Crippen molar-refractivity contribution in [2.75, 3.05) is 20.7 Å². The quantitative estimate of drug-likeness (QED) is 0.0551. The molecule has 1 aliphatic rings. The highest BCUT2D eigenvalue weighted by Gasteiger charge is 2.40. The van der Waals surface area contributed by atoms with Gasteiger partial charge in [0.15, 0.2) is 11.6 Å². The molecule has 0 aromatic heterocycles. The molecule has 67 heavy (non-hydrogen) atoms. The summed E-state index contributed by atoms with van der Waals surface area (Å²) in [5.74, 6) is -9.54. The summed E-state index contributed by atoms with van der Waals surface area (Å²) in [6, 6.07) is 1.50. The number of aliphatic hydroxyl groups is 1. The second-order valence-corrected chi connectivity index (χ2v) is 17.7. The molecule has 0 saturated heterocycles. The lowest BCUT2D eigenvalue weighted by Crippen LogP contribution is -2.53. The van der Waals surface area contributed by atoms with Crippen molar-refractivity contribution < 1.29 is 67.2 Å². The molecule has 3 rings (SSSR count). The van der Waals surface area contributed by atoms with E-state index in [2.05, 4.69) is 17.6 Å². The summed E-state index contributed by atoms with van der Waals surface area (Å²) in [6.07, 6.45) is 5.64. The number of Topliss-reactive ketones (excluding diaryl/α,β-unsaturated/α-hetero) is 2. The van der Waals surface area contributed by atoms with E-state index in [0.717, 1.165) is 48.6 Å². The molecule has 0 fully saturated rings. The number of carbonyl (C=O) groups excluding carboxylic acids is 6. The van der Waals surface area contributed by atoms with Crippen LogP contribution < -0.4 is 10.6 Å². The van der Waals surface area contributed by atoms with Crippen molar-refractivity contribution in [2.45, 2.75) is 166 Å². The summed E-state index contributed by atoms with van der Waals surface area (Å²) < 4.78 is 41.5. The van der Waals surface area contributed by atoms with E-state index >= 15 is 0 Å². The summed E-state index contributed by atoms with van der Waals surface area (Å²) in [5, 5.41) is 46.2. The molecule has 0 radical (unpaired) electrons. The predicted octanol–water partition coefficient (Wildman–Crippen LogP) is 7.07. The maximum atomic E-state index is 14.1. The largest absolute Gasteiger partial charge is 0.507 e. The van der Waals surface area contributed by atoms with Crippen LogP contribution in [-0.4, -0.2) is 116 Å². The maximum absolute atomic E-state index is 14.1. The number of carboxylic acids is 1. The van der Waals surface area contributed by atoms with Gasteiger partial charge >= 0.3 is 12.1 Å². The van der Waals surface area contributed by atoms with Gasteiger partial charge in [0.25, 0.3) is 0 Å². The van der Waals surface area contributed by atoms with Crippen molar-refractivity contribution in [1.82, 2.24) is 20.4 Å². The van der Waals surface area contributed by atoms with Crippen LogP contribution in [-0.2, 0) is 40.0 Å². The van der Waals surface area contributed by atoms with Gasteiger partial charge in [-0.25, -0.2) is 4.79 Å². The highest BCUT2D eigenvalue weighted by atomic mass is 19.4. The number of aliphatic carboxylic acids is 1. The van der Waals surface area contributed by atoms with Crippen LogP contribution in [0.3, 0.4) is 0 Å². The fraction of sp³-hybridized carbons (Fsp3) is 0.612. The van der Waals surface area contributed by atoms with Crippen molar-refractivity contribution in [3.63, 3.8) is 0 Å². The van der Waals surface area contributed by atoms with Crippen LogP contribution in [0.1, 0.15) is 147 Å². The van der Waals surface area contributed by atoms with Gasteiger partial charge in [-0.1, -0.05) is 96.1 Å². The Morgan fingerprint density at radius 1 is 0.776 bits per heavy atom. The molecule has 372 valence electrons. The Bertz CT molecular complexity index is 2010. The minimum atomic E-state index is -4.97. The van der Waals surface area contributed by atoms with E-state index in [-0.39, 0.29) is 40.3 Å². The smallest absolute Gasteiger partial charge is 0.389 e. The molecule has 18 heteroatoms. The number of phenols is 2. The molecule has 2 aromatic carbocycles. The lowest BCUT2D eigenvalue weighted by Gasteiger charge is -2.30. The van der Waals surface area contributed by atoms with Crippen molar-refractivity contribution in [3.8, 4) is 22.6 Å². The highest BCUT2D eigenvalue weighted by molar-refractivity contribution is 5.97. The van der Waals surface area contributed by atoms with E-state index in [1.807, 2.05) is 0 Å². The molecule has 0 saturated carbocycles. The Hall–Kier alpha value is -5.52. The van der Waals surface area contributed by atoms with Gasteiger partial charge in [0.05, 0.1) is 25.0 Å². The van der Waals surface area contributed by atoms with Gasteiger partial charge in [-0.15, -0.1) is 0 Å². The number of halogens is 3. The second kappa shape index (κ2) is 27.3. The fourth-order valence-corrected chi connectivity index (χ4v) is 8.29. The molecule has 5 atom stereocenters. The molecule has 0 aliphatic carbocycles. The molecule has 6 N–H and O–H groups in total. The second-order valence-electron chi connectivity index (χ2n) is 17.7. The van der Waals surface area contributed by atoms with Gasteiger partial charge < -0.3 is 40.9 Å². The first-order valence-electron chi connectivity index (χ1n) is 23.4. The Morgan fingerprint density at radius 2 is 1.33 bits per heavy atom. The first-order chi connectivity index (χ1) is 31.7. The summed E-state index contributed by atoms with van der Waals surface area (Å²) in [5.41, 5.74) is 0.107. The van der Waals surface area contributed by atoms with Crippen molar-refractivity contribution >= 4 is 41.2 Å². The Morgan fingerprint density at radius 3 is 1.88 bits per heavy atom. The van der Waals surface area contributed by atoms with Crippen molar-refractivity contribution in [2.24, 2.45) is 5.92 Å². The van der Waals surface area contributed by atoms with E-state index < -0.39 is 116 Å². The number of rotatable bonds is 25. The number of benzene rings is 2. The summed E-state index contributed by atoms with van der Waals surface area (Å²) in [6.45, 7) is 2.84. The van der Waals surface area contributed by atoms with E-state index in [1.165, 1.54) is 95.7 Å². The number of likely N-dealkylation sites (N-methyl/N-ethyl adjacent to an activating group) is 2. The Balaban J connectivity index is 1.68. The third-order valence-corrected chi connectivity index (χ3v) is 12.4. The minimum absolute atomic E-state index is 0.0186. The number of phenolic OH excluding ortho intramolecular Hbond substituents is 2. The average molecular weight is 947 g/mol. The Labute approximate surface area is 390 Å². The molecule has 1 heterocycles. The molecule has 2 aromatic rings. The summed E-state index contributed by atoms with van der Waals surface area (Å²) >= 11 is 0. The zero-order chi connectivity index (χ0) is 49.8. The average Bonchev–Trinajstić information content (AvgIpc) is 3.26. The number of nitrogens with zero attached hydrogens (tertiary/aromatic N) is 2. The van der Waals surface area contributed by atoms with Crippen molar-refractivity contribution in [1.29, 1.82) is 0 Å². The number of fused-ring (bicyclic) bond motifs is 5. The van der Waals surface area contributed by atoms with Crippen LogP contribution in [0.25, 0.3) is 11.1 Å². The molecule has 1 aliphatic heterocycles. The Kier molecular flexibility index (Phi) is 22.8. The maximum Gasteiger partial charge on any atom is 0.389 e. The standard InChI is InChI=1S/C49H69F3N4O11/c1-5-6-7-8-9-10-11-12-13-14-15-16-17-18-43(62)55(3)38(30-57)47(65)53-31(2)39(58)23-24-44(63)56(4)45-33-20-22-41(60)36(27-33)35-25-32(19-21-40(35)59)26-37(48(66)67)54-46(64)34(28-42(45)61)29-49(50,51)52/h19-22,25,27,31,34,37-38,45,57,59-60H,5-18,23-24,26,28-30H2,1-4H3,(H,53,65)(H,54,64)(H,66,67)/t31-,34?,37+,38-,45+/m1/s1. The van der Waals surface area contributed by atoms with E-state index in [0.29, 0.717) is 6.42 Å². The summed E-state index contributed by atoms with van der Waals surface area (Å²) in [4.78, 5) is 94.8. The lowest BCUT2D eigenvalue weighted by atomic mass is 9.88. The highest BCUT2D eigenvalue weighted by Crippen LogP contribution is 2.40. The van der Waals surface area contributed by atoms with Gasteiger partial charge in [0.2, 0.25) is 23.6 Å². The number of aromatic hydroxyl groups is 2. The summed E-state index contributed by atoms with van der Waals surface area (Å²) in [7, 11) is 2.55. The normalized spacial score (nSPS) is 17.4. The molecular formula is C49H69F3N4O11. The first-order valence-corrected chi connectivity index (χ1v) is 23.4. The van der Waals surface area contributed by atoms with Gasteiger partial charge in [-0.05, 0) is 48.7 Å². The number of amides is 4. The molecule has 4 bridgehead atoms. The minimum Gasteiger partial charge on any atom is -0.507 e. The number of nitrogens with one attached hydrogen (secondary N) is 2. The SMILES string of the molecule is CCCCCCCCCCCCCCCC(=O)N(C)[C@H](CO)C(=O)N[C@H](C)C(=O)CCC(=O)N(C)[C@@H]1C(=O)CC(CC(F)(F)F)C(=O)N[C@H](C(=O)O)Cc2ccc(O)c(c2)-c2cc1ccc2O. The molecule has 1 unspecified atom stereocenters. The number of hydrogen-bond donors (Lipinski definition) is 6. The number of aliphatic hydroxyl groups excluding tert-OH is 1. The van der Waals surface area contributed by atoms with Crippen LogP contribution in [0.15, 0.2) is 36.4 Å². The van der Waals surface area contributed by atoms with E-state index in [1.54, 1.807) is 0 Å². The number of hydrogen-bond acceptors (Lipinski definition) is 10. The van der Waals surface area contributed by atoms with E-state index in [9.17, 15) is 67.2 Å². The number of ketones is 2. The number of unbranched alkanes of at least 4 members (excludes halogenated alkanes) is 12. The topological polar surface area (TPSA) is 231 Å².